The van der Waals surface area contributed by atoms with Gasteiger partial charge in [-0.1, -0.05) is 86.0 Å². The lowest BCUT2D eigenvalue weighted by molar-refractivity contribution is 1.15. The zero-order valence-corrected chi connectivity index (χ0v) is 11.8. The summed E-state index contributed by atoms with van der Waals surface area (Å²) in [6.45, 7) is 7.56. The molecule has 0 saturated carbocycles. The molecule has 0 unspecified atom stereocenters. The van der Waals surface area contributed by atoms with Crippen LogP contribution < -0.4 is 0 Å². The highest BCUT2D eigenvalue weighted by Crippen LogP contribution is 2.13. The molecule has 0 fully saturated rings. The Bertz CT molecular complexity index is 586. The Hall–Kier alpha value is -2.34. The molecule has 0 aliphatic rings. The molecule has 0 heterocycles. The smallest absolute Gasteiger partial charge is 0.00258 e. The second kappa shape index (κ2) is 7.30. The standard InChI is InChI=1S/C20H20/c1-3-8-17(4-2)15-19-11-13-20(14-12-19)16-18-9-6-5-7-10-18/h3-14H,1-2,15-16H2/b17-8+. The van der Waals surface area contributed by atoms with Crippen molar-refractivity contribution in [3.8, 4) is 0 Å². The first-order valence-corrected chi connectivity index (χ1v) is 6.87. The predicted octanol–water partition coefficient (Wildman–Crippen LogP) is 5.12. The molecule has 0 amide bonds. The van der Waals surface area contributed by atoms with E-state index in [0.717, 1.165) is 12.8 Å². The Morgan fingerprint density at radius 1 is 0.800 bits per heavy atom. The molecule has 2 rings (SSSR count). The van der Waals surface area contributed by atoms with Crippen LogP contribution in [0.15, 0.2) is 91.6 Å². The van der Waals surface area contributed by atoms with Gasteiger partial charge in [-0.15, -0.1) is 0 Å². The molecular weight excluding hydrogens is 240 g/mol. The molecule has 0 radical (unpaired) electrons. The van der Waals surface area contributed by atoms with E-state index < -0.39 is 0 Å². The molecule has 0 spiro atoms. The Balaban J connectivity index is 2.05. The molecule has 2 aromatic carbocycles. The first kappa shape index (κ1) is 14.1. The van der Waals surface area contributed by atoms with Crippen molar-refractivity contribution in [2.75, 3.05) is 0 Å². The van der Waals surface area contributed by atoms with E-state index in [0.29, 0.717) is 0 Å². The molecule has 0 aromatic heterocycles. The van der Waals surface area contributed by atoms with Gasteiger partial charge in [-0.25, -0.2) is 0 Å². The van der Waals surface area contributed by atoms with E-state index in [4.69, 9.17) is 0 Å². The lowest BCUT2D eigenvalue weighted by atomic mass is 10.0. The number of allylic oxidation sites excluding steroid dienone is 4. The highest BCUT2D eigenvalue weighted by Gasteiger charge is 1.98. The summed E-state index contributed by atoms with van der Waals surface area (Å²) in [5.41, 5.74) is 5.18. The van der Waals surface area contributed by atoms with Crippen molar-refractivity contribution in [1.29, 1.82) is 0 Å². The summed E-state index contributed by atoms with van der Waals surface area (Å²) in [7, 11) is 0. The van der Waals surface area contributed by atoms with Gasteiger partial charge in [0.05, 0.1) is 0 Å². The van der Waals surface area contributed by atoms with Crippen LogP contribution in [0.2, 0.25) is 0 Å². The van der Waals surface area contributed by atoms with Gasteiger partial charge in [-0.05, 0) is 35.1 Å². The van der Waals surface area contributed by atoms with Gasteiger partial charge in [0, 0.05) is 0 Å². The fourth-order valence-corrected chi connectivity index (χ4v) is 2.19. The molecule has 0 aliphatic heterocycles. The van der Waals surface area contributed by atoms with Crippen molar-refractivity contribution < 1.29 is 0 Å². The largest absolute Gasteiger partial charge is 0.0991 e. The fourth-order valence-electron chi connectivity index (χ4n) is 2.19. The second-order valence-electron chi connectivity index (χ2n) is 4.84. The summed E-state index contributed by atoms with van der Waals surface area (Å²) in [5.74, 6) is 0. The van der Waals surface area contributed by atoms with Crippen molar-refractivity contribution in [2.45, 2.75) is 12.8 Å². The topological polar surface area (TPSA) is 0 Å². The van der Waals surface area contributed by atoms with E-state index >= 15 is 0 Å². The van der Waals surface area contributed by atoms with E-state index in [-0.39, 0.29) is 0 Å². The van der Waals surface area contributed by atoms with Crippen LogP contribution in [0, 0.1) is 0 Å². The minimum Gasteiger partial charge on any atom is -0.0991 e. The lowest BCUT2D eigenvalue weighted by Gasteiger charge is -2.05. The molecule has 2 aromatic rings. The normalized spacial score (nSPS) is 11.1. The third kappa shape index (κ3) is 4.10. The van der Waals surface area contributed by atoms with Gasteiger partial charge < -0.3 is 0 Å². The number of hydrogen-bond acceptors (Lipinski definition) is 0. The SMILES string of the molecule is C=C/C=C(\C=C)Cc1ccc(Cc2ccccc2)cc1. The van der Waals surface area contributed by atoms with Crippen LogP contribution in [0.3, 0.4) is 0 Å². The van der Waals surface area contributed by atoms with Crippen LogP contribution in [0.5, 0.6) is 0 Å². The summed E-state index contributed by atoms with van der Waals surface area (Å²) < 4.78 is 0. The van der Waals surface area contributed by atoms with Crippen molar-refractivity contribution >= 4 is 0 Å². The Labute approximate surface area is 121 Å². The van der Waals surface area contributed by atoms with E-state index in [1.807, 2.05) is 12.2 Å². The molecule has 0 N–H and O–H groups in total. The summed E-state index contributed by atoms with van der Waals surface area (Å²) in [6, 6.07) is 19.3. The van der Waals surface area contributed by atoms with E-state index in [1.165, 1.54) is 22.3 Å². The monoisotopic (exact) mass is 260 g/mol. The van der Waals surface area contributed by atoms with Crippen LogP contribution in [0.25, 0.3) is 0 Å². The average Bonchev–Trinajstić information content (AvgIpc) is 2.50. The van der Waals surface area contributed by atoms with Crippen LogP contribution in [-0.2, 0) is 12.8 Å². The number of rotatable bonds is 6. The maximum atomic E-state index is 3.83. The molecule has 0 heteroatoms. The van der Waals surface area contributed by atoms with Gasteiger partial charge in [-0.2, -0.15) is 0 Å². The second-order valence-corrected chi connectivity index (χ2v) is 4.84. The maximum absolute atomic E-state index is 3.83. The van der Waals surface area contributed by atoms with Gasteiger partial charge in [0.25, 0.3) is 0 Å². The third-order valence-corrected chi connectivity index (χ3v) is 3.28. The minimum absolute atomic E-state index is 0.904. The maximum Gasteiger partial charge on any atom is -0.00258 e. The minimum atomic E-state index is 0.904. The fraction of sp³-hybridized carbons (Fsp3) is 0.100. The van der Waals surface area contributed by atoms with Crippen molar-refractivity contribution in [2.24, 2.45) is 0 Å². The Morgan fingerprint density at radius 3 is 2.00 bits per heavy atom. The predicted molar refractivity (Wildman–Crippen MR) is 87.9 cm³/mol. The molecule has 20 heavy (non-hydrogen) atoms. The zero-order valence-electron chi connectivity index (χ0n) is 11.8. The summed E-state index contributed by atoms with van der Waals surface area (Å²) in [4.78, 5) is 0. The van der Waals surface area contributed by atoms with Crippen molar-refractivity contribution in [1.82, 2.24) is 0 Å². The van der Waals surface area contributed by atoms with E-state index in [1.54, 1.807) is 6.08 Å². The van der Waals surface area contributed by atoms with Crippen LogP contribution in [0.1, 0.15) is 16.7 Å². The lowest BCUT2D eigenvalue weighted by Crippen LogP contribution is -1.91. The highest BCUT2D eigenvalue weighted by molar-refractivity contribution is 5.33. The molecule has 0 bridgehead atoms. The quantitative estimate of drug-likeness (QED) is 0.632. The van der Waals surface area contributed by atoms with Gasteiger partial charge in [-0.3, -0.25) is 0 Å². The van der Waals surface area contributed by atoms with E-state index in [2.05, 4.69) is 67.8 Å². The summed E-state index contributed by atoms with van der Waals surface area (Å²) in [5, 5.41) is 0. The first-order valence-electron chi connectivity index (χ1n) is 6.87. The first-order chi connectivity index (χ1) is 9.81. The third-order valence-electron chi connectivity index (χ3n) is 3.28. The van der Waals surface area contributed by atoms with E-state index in [9.17, 15) is 0 Å². The average molecular weight is 260 g/mol. The molecule has 0 aliphatic carbocycles. The molecule has 0 atom stereocenters. The molecule has 0 saturated heterocycles. The highest BCUT2D eigenvalue weighted by atomic mass is 14.0. The summed E-state index contributed by atoms with van der Waals surface area (Å²) in [6.07, 6.45) is 7.59. The number of benzene rings is 2. The molecule has 100 valence electrons. The molecular formula is C20H20. The number of hydrogen-bond donors (Lipinski definition) is 0. The van der Waals surface area contributed by atoms with Crippen molar-refractivity contribution in [3.05, 3.63) is 108 Å². The van der Waals surface area contributed by atoms with Crippen LogP contribution in [-0.4, -0.2) is 0 Å². The van der Waals surface area contributed by atoms with Crippen molar-refractivity contribution in [3.63, 3.8) is 0 Å². The Kier molecular flexibility index (Phi) is 5.14. The van der Waals surface area contributed by atoms with Gasteiger partial charge in [0.1, 0.15) is 0 Å². The Morgan fingerprint density at radius 2 is 1.40 bits per heavy atom. The van der Waals surface area contributed by atoms with Gasteiger partial charge >= 0.3 is 0 Å². The van der Waals surface area contributed by atoms with Crippen LogP contribution in [0.4, 0.5) is 0 Å². The zero-order chi connectivity index (χ0) is 14.2. The molecule has 0 nitrogen and oxygen atoms in total. The van der Waals surface area contributed by atoms with Gasteiger partial charge in [0.15, 0.2) is 0 Å². The van der Waals surface area contributed by atoms with Crippen LogP contribution >= 0.6 is 0 Å². The summed E-state index contributed by atoms with van der Waals surface area (Å²) >= 11 is 0. The van der Waals surface area contributed by atoms with Gasteiger partial charge in [0.2, 0.25) is 0 Å².